The van der Waals surface area contributed by atoms with Gasteiger partial charge in [-0.05, 0) is 34.9 Å². The molecular weight excluding hydrogens is 277 g/mol. The number of alkyl halides is 3. The summed E-state index contributed by atoms with van der Waals surface area (Å²) in [4.78, 5) is 0. The Labute approximate surface area is 123 Å². The Balaban J connectivity index is 2.15. The molecule has 5 heteroatoms. The smallest absolute Gasteiger partial charge is 0.385 e. The predicted octanol–water partition coefficient (Wildman–Crippen LogP) is 4.67. The van der Waals surface area contributed by atoms with Crippen LogP contribution in [0.1, 0.15) is 38.8 Å². The van der Waals surface area contributed by atoms with Crippen molar-refractivity contribution in [3.63, 3.8) is 0 Å². The van der Waals surface area contributed by atoms with E-state index in [4.69, 9.17) is 5.26 Å². The molecule has 21 heavy (non-hydrogen) atoms. The van der Waals surface area contributed by atoms with E-state index in [1.165, 1.54) is 12.1 Å². The van der Waals surface area contributed by atoms with Crippen LogP contribution in [0.4, 0.5) is 18.9 Å². The van der Waals surface area contributed by atoms with Crippen LogP contribution in [0.2, 0.25) is 0 Å². The Kier molecular flexibility index (Phi) is 3.48. The predicted molar refractivity (Wildman–Crippen MR) is 75.7 cm³/mol. The summed E-state index contributed by atoms with van der Waals surface area (Å²) in [7, 11) is 0. The van der Waals surface area contributed by atoms with Crippen LogP contribution in [0.15, 0.2) is 18.2 Å². The number of anilines is 1. The van der Waals surface area contributed by atoms with E-state index in [1.807, 2.05) is 0 Å². The van der Waals surface area contributed by atoms with E-state index in [0.717, 1.165) is 6.07 Å². The van der Waals surface area contributed by atoms with Gasteiger partial charge in [0.25, 0.3) is 0 Å². The third-order valence-corrected chi connectivity index (χ3v) is 5.28. The average Bonchev–Trinajstić information content (AvgIpc) is 2.76. The zero-order chi connectivity index (χ0) is 16.1. The summed E-state index contributed by atoms with van der Waals surface area (Å²) in [5, 5.41) is 11.8. The van der Waals surface area contributed by atoms with Crippen LogP contribution in [0.3, 0.4) is 0 Å². The zero-order valence-corrected chi connectivity index (χ0v) is 12.6. The molecule has 0 aromatic heterocycles. The van der Waals surface area contributed by atoms with Crippen molar-refractivity contribution in [1.82, 2.24) is 0 Å². The van der Waals surface area contributed by atoms with Gasteiger partial charge in [-0.1, -0.05) is 27.7 Å². The third-order valence-electron chi connectivity index (χ3n) is 5.28. The first-order valence-electron chi connectivity index (χ1n) is 6.87. The molecule has 1 N–H and O–H groups in total. The maximum atomic E-state index is 12.9. The number of nitrogens with one attached hydrogen (secondary N) is 1. The molecule has 114 valence electrons. The number of nitriles is 1. The molecule has 2 nitrogen and oxygen atoms in total. The number of rotatable bonds is 3. The fourth-order valence-electron chi connectivity index (χ4n) is 3.05. The monoisotopic (exact) mass is 296 g/mol. The molecule has 0 bridgehead atoms. The Morgan fingerprint density at radius 2 is 1.76 bits per heavy atom. The van der Waals surface area contributed by atoms with Gasteiger partial charge in [-0.15, -0.1) is 0 Å². The van der Waals surface area contributed by atoms with Crippen molar-refractivity contribution in [2.75, 3.05) is 11.9 Å². The molecule has 0 unspecified atom stereocenters. The van der Waals surface area contributed by atoms with E-state index in [1.54, 1.807) is 6.07 Å². The molecule has 1 saturated carbocycles. The fraction of sp³-hybridized carbons (Fsp3) is 0.562. The highest BCUT2D eigenvalue weighted by molar-refractivity contribution is 5.53. The largest absolute Gasteiger partial charge is 0.417 e. The summed E-state index contributed by atoms with van der Waals surface area (Å²) in [6.07, 6.45) is -4.51. The first-order valence-corrected chi connectivity index (χ1v) is 6.87. The minimum Gasteiger partial charge on any atom is -0.385 e. The van der Waals surface area contributed by atoms with Gasteiger partial charge in [0.15, 0.2) is 0 Å². The van der Waals surface area contributed by atoms with E-state index >= 15 is 0 Å². The number of hydrogen-bond acceptors (Lipinski definition) is 2. The highest BCUT2D eigenvalue weighted by Crippen LogP contribution is 2.68. The summed E-state index contributed by atoms with van der Waals surface area (Å²) in [5.74, 6) is 0.412. The van der Waals surface area contributed by atoms with Crippen molar-refractivity contribution in [2.24, 2.45) is 16.7 Å². The van der Waals surface area contributed by atoms with E-state index in [9.17, 15) is 13.2 Å². The fourth-order valence-corrected chi connectivity index (χ4v) is 3.05. The van der Waals surface area contributed by atoms with Crippen LogP contribution < -0.4 is 5.32 Å². The Bertz CT molecular complexity index is 581. The summed E-state index contributed by atoms with van der Waals surface area (Å²) in [5.41, 5.74) is -0.469. The van der Waals surface area contributed by atoms with Gasteiger partial charge >= 0.3 is 6.18 Å². The van der Waals surface area contributed by atoms with Crippen molar-refractivity contribution >= 4 is 5.69 Å². The van der Waals surface area contributed by atoms with E-state index < -0.39 is 11.7 Å². The van der Waals surface area contributed by atoms with Crippen molar-refractivity contribution < 1.29 is 13.2 Å². The Hall–Kier alpha value is -1.70. The van der Waals surface area contributed by atoms with Crippen molar-refractivity contribution in [1.29, 1.82) is 5.26 Å². The standard InChI is InChI=1S/C16H19F3N2/c1-14(2)13(15(14,3)4)9-21-11-6-5-10(8-20)12(7-11)16(17,18)19/h5-7,13,21H,9H2,1-4H3. The highest BCUT2D eigenvalue weighted by Gasteiger charge is 2.64. The molecule has 1 aliphatic carbocycles. The van der Waals surface area contributed by atoms with Gasteiger partial charge in [-0.3, -0.25) is 0 Å². The lowest BCUT2D eigenvalue weighted by atomic mass is 10.0. The van der Waals surface area contributed by atoms with Gasteiger partial charge < -0.3 is 5.32 Å². The first kappa shape index (κ1) is 15.7. The summed E-state index contributed by atoms with van der Waals surface area (Å²) in [6, 6.07) is 5.34. The summed E-state index contributed by atoms with van der Waals surface area (Å²) >= 11 is 0. The zero-order valence-electron chi connectivity index (χ0n) is 12.6. The second-order valence-corrected chi connectivity index (χ2v) is 6.75. The molecule has 1 aromatic rings. The average molecular weight is 296 g/mol. The molecular formula is C16H19F3N2. The quantitative estimate of drug-likeness (QED) is 0.879. The van der Waals surface area contributed by atoms with Crippen LogP contribution in [0.25, 0.3) is 0 Å². The molecule has 1 aliphatic rings. The number of nitrogens with zero attached hydrogens (tertiary/aromatic N) is 1. The highest BCUT2D eigenvalue weighted by atomic mass is 19.4. The molecule has 1 aromatic carbocycles. The lowest BCUT2D eigenvalue weighted by Crippen LogP contribution is -2.11. The van der Waals surface area contributed by atoms with E-state index in [0.29, 0.717) is 18.2 Å². The molecule has 0 amide bonds. The summed E-state index contributed by atoms with van der Waals surface area (Å²) in [6.45, 7) is 9.29. The van der Waals surface area contributed by atoms with Crippen molar-refractivity contribution in [3.05, 3.63) is 29.3 Å². The van der Waals surface area contributed by atoms with Gasteiger partial charge in [0.1, 0.15) is 0 Å². The van der Waals surface area contributed by atoms with Crippen LogP contribution in [0, 0.1) is 28.1 Å². The maximum absolute atomic E-state index is 12.9. The van der Waals surface area contributed by atoms with Gasteiger partial charge in [-0.25, -0.2) is 0 Å². The van der Waals surface area contributed by atoms with Gasteiger partial charge in [0.2, 0.25) is 0 Å². The first-order chi connectivity index (χ1) is 9.51. The van der Waals surface area contributed by atoms with Gasteiger partial charge in [0.05, 0.1) is 17.2 Å². The van der Waals surface area contributed by atoms with Crippen molar-refractivity contribution in [2.45, 2.75) is 33.9 Å². The lowest BCUT2D eigenvalue weighted by molar-refractivity contribution is -0.137. The van der Waals surface area contributed by atoms with Crippen LogP contribution in [0.5, 0.6) is 0 Å². The molecule has 2 rings (SSSR count). The van der Waals surface area contributed by atoms with Crippen LogP contribution in [-0.2, 0) is 6.18 Å². The van der Waals surface area contributed by atoms with Gasteiger partial charge in [0, 0.05) is 12.2 Å². The van der Waals surface area contributed by atoms with Gasteiger partial charge in [-0.2, -0.15) is 18.4 Å². The Morgan fingerprint density at radius 3 is 2.19 bits per heavy atom. The molecule has 0 radical (unpaired) electrons. The molecule has 0 heterocycles. The Morgan fingerprint density at radius 1 is 1.19 bits per heavy atom. The number of halogens is 3. The number of benzene rings is 1. The van der Waals surface area contributed by atoms with Crippen molar-refractivity contribution in [3.8, 4) is 6.07 Å². The summed E-state index contributed by atoms with van der Waals surface area (Å²) < 4.78 is 38.7. The molecule has 0 spiro atoms. The number of hydrogen-bond donors (Lipinski definition) is 1. The lowest BCUT2D eigenvalue weighted by Gasteiger charge is -2.13. The molecule has 0 atom stereocenters. The molecule has 0 aliphatic heterocycles. The normalized spacial score (nSPS) is 19.9. The molecule has 1 fully saturated rings. The van der Waals surface area contributed by atoms with Crippen LogP contribution in [-0.4, -0.2) is 6.54 Å². The minimum absolute atomic E-state index is 0.180. The SMILES string of the molecule is CC1(C)C(CNc2ccc(C#N)c(C(F)(F)F)c2)C1(C)C. The topological polar surface area (TPSA) is 35.8 Å². The van der Waals surface area contributed by atoms with E-state index in [2.05, 4.69) is 33.0 Å². The van der Waals surface area contributed by atoms with E-state index in [-0.39, 0.29) is 16.4 Å². The second kappa shape index (κ2) is 4.66. The maximum Gasteiger partial charge on any atom is 0.417 e. The molecule has 0 saturated heterocycles. The van der Waals surface area contributed by atoms with Crippen LogP contribution >= 0.6 is 0 Å². The second-order valence-electron chi connectivity index (χ2n) is 6.75. The minimum atomic E-state index is -4.51. The third kappa shape index (κ3) is 2.59.